The Morgan fingerprint density at radius 3 is 2.35 bits per heavy atom. The van der Waals surface area contributed by atoms with E-state index in [1.54, 1.807) is 0 Å². The van der Waals surface area contributed by atoms with Crippen molar-refractivity contribution in [1.82, 2.24) is 9.55 Å². The summed E-state index contributed by atoms with van der Waals surface area (Å²) >= 11 is 1.87. The summed E-state index contributed by atoms with van der Waals surface area (Å²) in [6.07, 6.45) is 1.89. The van der Waals surface area contributed by atoms with Crippen LogP contribution >= 0.6 is 11.3 Å². The number of aromatic nitrogens is 2. The Morgan fingerprint density at radius 1 is 0.559 bits per heavy atom. The van der Waals surface area contributed by atoms with Crippen LogP contribution in [-0.2, 0) is 0 Å². The molecule has 0 N–H and O–H groups in total. The summed E-state index contributed by atoms with van der Waals surface area (Å²) in [7, 11) is 0. The lowest BCUT2D eigenvalue weighted by Crippen LogP contribution is -1.96. The molecule has 34 heavy (non-hydrogen) atoms. The van der Waals surface area contributed by atoms with Gasteiger partial charge in [0.2, 0.25) is 0 Å². The van der Waals surface area contributed by atoms with Crippen LogP contribution in [0.4, 0.5) is 0 Å². The fourth-order valence-electron chi connectivity index (χ4n) is 5.53. The number of benzene rings is 5. The summed E-state index contributed by atoms with van der Waals surface area (Å²) in [5.74, 6) is 0. The van der Waals surface area contributed by atoms with E-state index >= 15 is 0 Å². The molecule has 0 aliphatic rings. The standard InChI is InChI=1S/C31H18N2S/c1-3-11-25-21(9-1)23-17-24-22-10-2-4-13-28(22)34-29(24)18-27(23)33(25)26-12-5-7-19-14-15-20-8-6-16-32-31(20)30(19)26/h1-18H. The van der Waals surface area contributed by atoms with Gasteiger partial charge in [0, 0.05) is 47.9 Å². The normalized spacial score (nSPS) is 12.1. The first-order chi connectivity index (χ1) is 16.9. The molecule has 0 amide bonds. The van der Waals surface area contributed by atoms with E-state index in [0.29, 0.717) is 0 Å². The molecule has 0 bridgehead atoms. The Morgan fingerprint density at radius 2 is 1.38 bits per heavy atom. The Bertz CT molecular complexity index is 2080. The number of pyridine rings is 1. The molecule has 8 rings (SSSR count). The molecule has 3 heteroatoms. The first kappa shape index (κ1) is 18.2. The number of hydrogen-bond acceptors (Lipinski definition) is 2. The van der Waals surface area contributed by atoms with E-state index in [2.05, 4.69) is 102 Å². The van der Waals surface area contributed by atoms with Crippen molar-refractivity contribution in [1.29, 1.82) is 0 Å². The van der Waals surface area contributed by atoms with Gasteiger partial charge in [-0.25, -0.2) is 0 Å². The van der Waals surface area contributed by atoms with Crippen molar-refractivity contribution in [2.75, 3.05) is 0 Å². The van der Waals surface area contributed by atoms with Crippen molar-refractivity contribution >= 4 is 75.0 Å². The first-order valence-corrected chi connectivity index (χ1v) is 12.3. The maximum atomic E-state index is 4.81. The molecule has 5 aromatic carbocycles. The third kappa shape index (κ3) is 2.37. The second kappa shape index (κ2) is 6.66. The van der Waals surface area contributed by atoms with Crippen LogP contribution in [0.2, 0.25) is 0 Å². The maximum Gasteiger partial charge on any atom is 0.0801 e. The van der Waals surface area contributed by atoms with Crippen LogP contribution in [0, 0.1) is 0 Å². The number of rotatable bonds is 1. The van der Waals surface area contributed by atoms with Crippen molar-refractivity contribution in [2.24, 2.45) is 0 Å². The minimum absolute atomic E-state index is 1.05. The molecule has 0 unspecified atom stereocenters. The Labute approximate surface area is 199 Å². The van der Waals surface area contributed by atoms with Gasteiger partial charge in [0.05, 0.1) is 22.2 Å². The van der Waals surface area contributed by atoms with Crippen LogP contribution in [0.5, 0.6) is 0 Å². The molecule has 0 atom stereocenters. The van der Waals surface area contributed by atoms with Crippen LogP contribution in [0.25, 0.3) is 69.3 Å². The minimum atomic E-state index is 1.05. The van der Waals surface area contributed by atoms with Crippen molar-refractivity contribution in [2.45, 2.75) is 0 Å². The molecular formula is C31H18N2S. The number of hydrogen-bond donors (Lipinski definition) is 0. The Kier molecular flexibility index (Phi) is 3.57. The monoisotopic (exact) mass is 450 g/mol. The van der Waals surface area contributed by atoms with Gasteiger partial charge in [-0.05, 0) is 41.8 Å². The fourth-order valence-corrected chi connectivity index (χ4v) is 6.65. The van der Waals surface area contributed by atoms with Gasteiger partial charge >= 0.3 is 0 Å². The Balaban J connectivity index is 1.60. The second-order valence-electron chi connectivity index (χ2n) is 8.83. The quantitative estimate of drug-likeness (QED) is 0.228. The van der Waals surface area contributed by atoms with Gasteiger partial charge in [-0.1, -0.05) is 66.7 Å². The highest BCUT2D eigenvalue weighted by molar-refractivity contribution is 7.25. The summed E-state index contributed by atoms with van der Waals surface area (Å²) in [5, 5.41) is 8.80. The van der Waals surface area contributed by atoms with Crippen molar-refractivity contribution < 1.29 is 0 Å². The molecule has 0 aliphatic heterocycles. The van der Waals surface area contributed by atoms with Crippen molar-refractivity contribution in [3.63, 3.8) is 0 Å². The summed E-state index contributed by atoms with van der Waals surface area (Å²) in [6, 6.07) is 37.4. The van der Waals surface area contributed by atoms with Gasteiger partial charge in [-0.3, -0.25) is 4.98 Å². The molecule has 0 saturated carbocycles. The Hall–Kier alpha value is -4.21. The zero-order valence-electron chi connectivity index (χ0n) is 18.2. The zero-order chi connectivity index (χ0) is 22.2. The van der Waals surface area contributed by atoms with Gasteiger partial charge in [0.1, 0.15) is 0 Å². The van der Waals surface area contributed by atoms with Gasteiger partial charge in [-0.2, -0.15) is 0 Å². The molecule has 0 radical (unpaired) electrons. The minimum Gasteiger partial charge on any atom is -0.308 e. The second-order valence-corrected chi connectivity index (χ2v) is 9.92. The van der Waals surface area contributed by atoms with Gasteiger partial charge in [0.15, 0.2) is 0 Å². The highest BCUT2D eigenvalue weighted by Crippen LogP contribution is 2.41. The smallest absolute Gasteiger partial charge is 0.0801 e. The van der Waals surface area contributed by atoms with Crippen LogP contribution < -0.4 is 0 Å². The zero-order valence-corrected chi connectivity index (χ0v) is 19.0. The van der Waals surface area contributed by atoms with E-state index in [1.165, 1.54) is 58.4 Å². The number of thiophene rings is 1. The average Bonchev–Trinajstić information content (AvgIpc) is 3.41. The molecule has 0 fully saturated rings. The predicted octanol–water partition coefficient (Wildman–Crippen LogP) is 8.85. The van der Waals surface area contributed by atoms with E-state index in [4.69, 9.17) is 4.98 Å². The molecule has 8 aromatic rings. The lowest BCUT2D eigenvalue weighted by Gasteiger charge is -2.13. The van der Waals surface area contributed by atoms with E-state index < -0.39 is 0 Å². The summed E-state index contributed by atoms with van der Waals surface area (Å²) < 4.78 is 5.09. The maximum absolute atomic E-state index is 4.81. The van der Waals surface area contributed by atoms with Crippen LogP contribution in [0.1, 0.15) is 0 Å². The molecule has 0 spiro atoms. The van der Waals surface area contributed by atoms with E-state index in [1.807, 2.05) is 23.6 Å². The van der Waals surface area contributed by atoms with Crippen LogP contribution in [0.3, 0.4) is 0 Å². The summed E-state index contributed by atoms with van der Waals surface area (Å²) in [5.41, 5.74) is 4.68. The SMILES string of the molecule is c1cnc2c(c1)ccc1cccc(-n3c4ccccc4c4cc5c(cc43)sc3ccccc35)c12. The van der Waals surface area contributed by atoms with Gasteiger partial charge in [0.25, 0.3) is 0 Å². The van der Waals surface area contributed by atoms with Gasteiger partial charge in [-0.15, -0.1) is 11.3 Å². The fraction of sp³-hybridized carbons (Fsp3) is 0. The number of nitrogens with zero attached hydrogens (tertiary/aromatic N) is 2. The third-order valence-corrected chi connectivity index (χ3v) is 8.14. The highest BCUT2D eigenvalue weighted by atomic mass is 32.1. The highest BCUT2D eigenvalue weighted by Gasteiger charge is 2.17. The summed E-state index contributed by atoms with van der Waals surface area (Å²) in [6.45, 7) is 0. The molecule has 3 heterocycles. The first-order valence-electron chi connectivity index (χ1n) is 11.5. The predicted molar refractivity (Wildman–Crippen MR) is 146 cm³/mol. The molecule has 3 aromatic heterocycles. The van der Waals surface area contributed by atoms with E-state index in [0.717, 1.165) is 10.9 Å². The lowest BCUT2D eigenvalue weighted by atomic mass is 10.0. The van der Waals surface area contributed by atoms with Crippen LogP contribution in [-0.4, -0.2) is 9.55 Å². The molecule has 158 valence electrons. The van der Waals surface area contributed by atoms with E-state index in [-0.39, 0.29) is 0 Å². The van der Waals surface area contributed by atoms with Crippen LogP contribution in [0.15, 0.2) is 109 Å². The average molecular weight is 451 g/mol. The van der Waals surface area contributed by atoms with Gasteiger partial charge < -0.3 is 4.57 Å². The lowest BCUT2D eigenvalue weighted by molar-refractivity contribution is 1.20. The number of para-hydroxylation sites is 1. The largest absolute Gasteiger partial charge is 0.308 e. The van der Waals surface area contributed by atoms with Crippen molar-refractivity contribution in [3.8, 4) is 5.69 Å². The topological polar surface area (TPSA) is 17.8 Å². The molecular weight excluding hydrogens is 432 g/mol. The third-order valence-electron chi connectivity index (χ3n) is 7.00. The molecule has 0 saturated heterocycles. The molecule has 2 nitrogen and oxygen atoms in total. The van der Waals surface area contributed by atoms with E-state index in [9.17, 15) is 0 Å². The molecule has 0 aliphatic carbocycles. The van der Waals surface area contributed by atoms with Crippen molar-refractivity contribution in [3.05, 3.63) is 109 Å². The summed E-state index contributed by atoms with van der Waals surface area (Å²) in [4.78, 5) is 4.81. The number of fused-ring (bicyclic) bond motifs is 9.